The first-order valence-electron chi connectivity index (χ1n) is 8.15. The Kier molecular flexibility index (Phi) is 5.00. The zero-order valence-electron chi connectivity index (χ0n) is 13.3. The average molecular weight is 353 g/mol. The molecule has 1 fully saturated rings. The Morgan fingerprint density at radius 1 is 1.26 bits per heavy atom. The van der Waals surface area contributed by atoms with Crippen molar-refractivity contribution in [2.75, 3.05) is 0 Å². The average Bonchev–Trinajstić information content (AvgIpc) is 3.09. The number of aliphatic hydroxyl groups excluding tert-OH is 1. The third kappa shape index (κ3) is 3.15. The van der Waals surface area contributed by atoms with Crippen molar-refractivity contribution in [1.29, 1.82) is 0 Å². The van der Waals surface area contributed by atoms with Gasteiger partial charge in [0.2, 0.25) is 0 Å². The summed E-state index contributed by atoms with van der Waals surface area (Å²) in [6.07, 6.45) is 10.5. The molecule has 0 bridgehead atoms. The Bertz CT molecular complexity index is 653. The van der Waals surface area contributed by atoms with Crippen LogP contribution < -0.4 is 0 Å². The summed E-state index contributed by atoms with van der Waals surface area (Å²) in [6, 6.07) is 5.48. The van der Waals surface area contributed by atoms with Gasteiger partial charge in [-0.15, -0.1) is 0 Å². The topological polar surface area (TPSA) is 38.0 Å². The summed E-state index contributed by atoms with van der Waals surface area (Å²) in [5, 5.41) is 12.4. The van der Waals surface area contributed by atoms with Gasteiger partial charge in [-0.05, 0) is 43.4 Å². The standard InChI is InChI=1S/C18H22Cl2N2O/c1-18(22-10-9-21-12-22,15-8-7-14(19)11-16(15)20)17(23)13-5-3-2-4-6-13/h7-13,17,23H,2-6H2,1H3. The van der Waals surface area contributed by atoms with Crippen LogP contribution in [0.1, 0.15) is 44.6 Å². The van der Waals surface area contributed by atoms with E-state index in [0.717, 1.165) is 18.4 Å². The van der Waals surface area contributed by atoms with Crippen molar-refractivity contribution in [1.82, 2.24) is 9.55 Å². The molecule has 5 heteroatoms. The summed E-state index contributed by atoms with van der Waals surface area (Å²) in [6.45, 7) is 2.03. The molecule has 0 radical (unpaired) electrons. The van der Waals surface area contributed by atoms with Crippen LogP contribution in [0.25, 0.3) is 0 Å². The van der Waals surface area contributed by atoms with Crippen molar-refractivity contribution >= 4 is 23.2 Å². The van der Waals surface area contributed by atoms with Gasteiger partial charge >= 0.3 is 0 Å². The maximum Gasteiger partial charge on any atom is 0.0954 e. The largest absolute Gasteiger partial charge is 0.390 e. The van der Waals surface area contributed by atoms with Gasteiger partial charge in [0, 0.05) is 22.4 Å². The molecule has 1 saturated carbocycles. The number of hydrogen-bond acceptors (Lipinski definition) is 2. The van der Waals surface area contributed by atoms with Gasteiger partial charge in [0.05, 0.1) is 18.0 Å². The smallest absolute Gasteiger partial charge is 0.0954 e. The third-order valence-electron chi connectivity index (χ3n) is 5.19. The van der Waals surface area contributed by atoms with E-state index in [1.807, 2.05) is 29.8 Å². The van der Waals surface area contributed by atoms with Crippen LogP contribution in [0.3, 0.4) is 0 Å². The van der Waals surface area contributed by atoms with Crippen LogP contribution in [0.2, 0.25) is 10.0 Å². The van der Waals surface area contributed by atoms with Crippen LogP contribution in [-0.2, 0) is 5.54 Å². The summed E-state index contributed by atoms with van der Waals surface area (Å²) < 4.78 is 1.96. The van der Waals surface area contributed by atoms with Gasteiger partial charge in [0.15, 0.2) is 0 Å². The molecule has 2 aromatic rings. The minimum atomic E-state index is -0.666. The van der Waals surface area contributed by atoms with Crippen LogP contribution in [-0.4, -0.2) is 20.8 Å². The highest BCUT2D eigenvalue weighted by atomic mass is 35.5. The van der Waals surface area contributed by atoms with Crippen molar-refractivity contribution in [3.05, 3.63) is 52.5 Å². The predicted molar refractivity (Wildman–Crippen MR) is 94.0 cm³/mol. The van der Waals surface area contributed by atoms with Crippen molar-refractivity contribution < 1.29 is 5.11 Å². The Morgan fingerprint density at radius 2 is 2.00 bits per heavy atom. The zero-order chi connectivity index (χ0) is 16.4. The molecule has 1 aliphatic carbocycles. The second-order valence-electron chi connectivity index (χ2n) is 6.58. The van der Waals surface area contributed by atoms with E-state index in [9.17, 15) is 5.11 Å². The highest BCUT2D eigenvalue weighted by molar-refractivity contribution is 6.35. The fourth-order valence-corrected chi connectivity index (χ4v) is 4.39. The molecule has 0 aliphatic heterocycles. The van der Waals surface area contributed by atoms with Gasteiger partial charge in [-0.3, -0.25) is 0 Å². The van der Waals surface area contributed by atoms with Crippen LogP contribution in [0, 0.1) is 5.92 Å². The second-order valence-corrected chi connectivity index (χ2v) is 7.43. The molecule has 23 heavy (non-hydrogen) atoms. The van der Waals surface area contributed by atoms with E-state index in [1.54, 1.807) is 18.6 Å². The molecule has 1 aromatic carbocycles. The monoisotopic (exact) mass is 352 g/mol. The normalized spacial score (nSPS) is 20.2. The number of rotatable bonds is 4. The molecule has 1 heterocycles. The van der Waals surface area contributed by atoms with Gasteiger partial charge in [-0.1, -0.05) is 48.5 Å². The maximum absolute atomic E-state index is 11.3. The van der Waals surface area contributed by atoms with E-state index in [2.05, 4.69) is 4.98 Å². The lowest BCUT2D eigenvalue weighted by atomic mass is 9.74. The van der Waals surface area contributed by atoms with Crippen molar-refractivity contribution in [2.45, 2.75) is 50.7 Å². The number of aliphatic hydroxyl groups is 1. The summed E-state index contributed by atoms with van der Waals surface area (Å²) in [5.74, 6) is 0.267. The van der Waals surface area contributed by atoms with E-state index in [4.69, 9.17) is 23.2 Å². The van der Waals surface area contributed by atoms with Crippen LogP contribution in [0.15, 0.2) is 36.9 Å². The second kappa shape index (κ2) is 6.84. The summed E-state index contributed by atoms with van der Waals surface area (Å²) in [7, 11) is 0. The zero-order valence-corrected chi connectivity index (χ0v) is 14.8. The molecule has 124 valence electrons. The Balaban J connectivity index is 2.07. The van der Waals surface area contributed by atoms with Gasteiger partial charge in [-0.25, -0.2) is 4.98 Å². The van der Waals surface area contributed by atoms with E-state index in [1.165, 1.54) is 19.3 Å². The number of benzene rings is 1. The molecule has 0 spiro atoms. The number of halogens is 2. The van der Waals surface area contributed by atoms with E-state index in [0.29, 0.717) is 10.0 Å². The van der Waals surface area contributed by atoms with Crippen LogP contribution in [0.4, 0.5) is 0 Å². The van der Waals surface area contributed by atoms with Gasteiger partial charge in [0.1, 0.15) is 0 Å². The molecule has 1 aromatic heterocycles. The first-order chi connectivity index (χ1) is 11.0. The highest BCUT2D eigenvalue weighted by Gasteiger charge is 2.42. The SMILES string of the molecule is CC(c1ccc(Cl)cc1Cl)(C(O)C1CCCCC1)n1ccnc1. The van der Waals surface area contributed by atoms with Gasteiger partial charge < -0.3 is 9.67 Å². The van der Waals surface area contributed by atoms with Crippen molar-refractivity contribution in [2.24, 2.45) is 5.92 Å². The minimum absolute atomic E-state index is 0.267. The van der Waals surface area contributed by atoms with Crippen molar-refractivity contribution in [3.8, 4) is 0 Å². The summed E-state index contributed by atoms with van der Waals surface area (Å²) in [5.41, 5.74) is 0.208. The van der Waals surface area contributed by atoms with Gasteiger partial charge in [0.25, 0.3) is 0 Å². The number of nitrogens with zero attached hydrogens (tertiary/aromatic N) is 2. The number of aromatic nitrogens is 2. The van der Waals surface area contributed by atoms with E-state index >= 15 is 0 Å². The lowest BCUT2D eigenvalue weighted by Crippen LogP contribution is -2.47. The number of hydrogen-bond donors (Lipinski definition) is 1. The first-order valence-corrected chi connectivity index (χ1v) is 8.91. The van der Waals surface area contributed by atoms with Gasteiger partial charge in [-0.2, -0.15) is 0 Å². The molecular formula is C18H22Cl2N2O. The van der Waals surface area contributed by atoms with Crippen molar-refractivity contribution in [3.63, 3.8) is 0 Å². The van der Waals surface area contributed by atoms with Crippen LogP contribution >= 0.6 is 23.2 Å². The molecule has 1 N–H and O–H groups in total. The first kappa shape index (κ1) is 16.8. The lowest BCUT2D eigenvalue weighted by Gasteiger charge is -2.42. The molecular weight excluding hydrogens is 331 g/mol. The Morgan fingerprint density at radius 3 is 2.61 bits per heavy atom. The molecule has 3 nitrogen and oxygen atoms in total. The van der Waals surface area contributed by atoms with E-state index in [-0.39, 0.29) is 5.92 Å². The molecule has 0 saturated heterocycles. The predicted octanol–water partition coefficient (Wildman–Crippen LogP) is 4.89. The third-order valence-corrected chi connectivity index (χ3v) is 5.74. The fraction of sp³-hybridized carbons (Fsp3) is 0.500. The minimum Gasteiger partial charge on any atom is -0.390 e. The molecule has 0 amide bonds. The Labute approximate surface area is 147 Å². The number of imidazole rings is 1. The fourth-order valence-electron chi connectivity index (χ4n) is 3.79. The lowest BCUT2D eigenvalue weighted by molar-refractivity contribution is 0.00611. The van der Waals surface area contributed by atoms with E-state index < -0.39 is 11.6 Å². The quantitative estimate of drug-likeness (QED) is 0.849. The molecule has 3 rings (SSSR count). The summed E-state index contributed by atoms with van der Waals surface area (Å²) >= 11 is 12.5. The molecule has 1 aliphatic rings. The molecule has 2 atom stereocenters. The highest BCUT2D eigenvalue weighted by Crippen LogP contribution is 2.41. The summed E-state index contributed by atoms with van der Waals surface area (Å²) in [4.78, 5) is 4.17. The van der Waals surface area contributed by atoms with Crippen LogP contribution in [0.5, 0.6) is 0 Å². The Hall–Kier alpha value is -1.03. The maximum atomic E-state index is 11.3. The molecule has 2 unspecified atom stereocenters.